The molecule has 2 nitrogen and oxygen atoms in total. The Balaban J connectivity index is 2.47. The molecular formula is C11H17FN2. The molecule has 1 aromatic carbocycles. The normalized spacial score (nSPS) is 10.6. The lowest BCUT2D eigenvalue weighted by Gasteiger charge is -2.08. The smallest absolute Gasteiger partial charge is 0.148 e. The highest BCUT2D eigenvalue weighted by Crippen LogP contribution is 2.15. The van der Waals surface area contributed by atoms with Gasteiger partial charge in [-0.3, -0.25) is 0 Å². The standard InChI is InChI=1S/C11H17FN2/c1-8(2)5-6-14-9-3-4-11(13)10(12)7-9/h3-4,7-8,14H,5-6,13H2,1-2H3. The molecule has 0 saturated heterocycles. The van der Waals surface area contributed by atoms with Gasteiger partial charge >= 0.3 is 0 Å². The van der Waals surface area contributed by atoms with E-state index in [4.69, 9.17) is 5.73 Å². The molecule has 1 aromatic rings. The predicted molar refractivity (Wildman–Crippen MR) is 58.8 cm³/mol. The van der Waals surface area contributed by atoms with Crippen LogP contribution in [0.25, 0.3) is 0 Å². The summed E-state index contributed by atoms with van der Waals surface area (Å²) in [6.07, 6.45) is 1.08. The van der Waals surface area contributed by atoms with Crippen molar-refractivity contribution in [3.8, 4) is 0 Å². The van der Waals surface area contributed by atoms with E-state index in [0.717, 1.165) is 18.7 Å². The van der Waals surface area contributed by atoms with Crippen molar-refractivity contribution >= 4 is 11.4 Å². The van der Waals surface area contributed by atoms with E-state index < -0.39 is 0 Å². The summed E-state index contributed by atoms with van der Waals surface area (Å²) in [6.45, 7) is 5.18. The summed E-state index contributed by atoms with van der Waals surface area (Å²) in [5, 5.41) is 3.15. The fourth-order valence-corrected chi connectivity index (χ4v) is 1.14. The SMILES string of the molecule is CC(C)CCNc1ccc(N)c(F)c1. The Labute approximate surface area is 84.3 Å². The predicted octanol–water partition coefficient (Wildman–Crippen LogP) is 2.87. The van der Waals surface area contributed by atoms with E-state index in [-0.39, 0.29) is 11.5 Å². The Morgan fingerprint density at radius 3 is 2.71 bits per heavy atom. The van der Waals surface area contributed by atoms with Gasteiger partial charge in [-0.05, 0) is 30.5 Å². The summed E-state index contributed by atoms with van der Waals surface area (Å²) in [5.41, 5.74) is 6.35. The van der Waals surface area contributed by atoms with Crippen LogP contribution < -0.4 is 11.1 Å². The molecule has 0 amide bonds. The topological polar surface area (TPSA) is 38.0 Å². The lowest BCUT2D eigenvalue weighted by Crippen LogP contribution is -2.05. The highest BCUT2D eigenvalue weighted by Gasteiger charge is 1.99. The quantitative estimate of drug-likeness (QED) is 0.727. The van der Waals surface area contributed by atoms with Crippen LogP contribution in [0, 0.1) is 11.7 Å². The van der Waals surface area contributed by atoms with E-state index in [1.807, 2.05) is 0 Å². The number of hydrogen-bond acceptors (Lipinski definition) is 2. The third kappa shape index (κ3) is 3.24. The number of hydrogen-bond donors (Lipinski definition) is 2. The van der Waals surface area contributed by atoms with Crippen LogP contribution in [0.1, 0.15) is 20.3 Å². The van der Waals surface area contributed by atoms with Crippen molar-refractivity contribution in [2.75, 3.05) is 17.6 Å². The molecule has 0 aliphatic heterocycles. The molecule has 0 unspecified atom stereocenters. The van der Waals surface area contributed by atoms with Crippen LogP contribution in [-0.4, -0.2) is 6.54 Å². The molecule has 0 aliphatic carbocycles. The van der Waals surface area contributed by atoms with Gasteiger partial charge in [0.1, 0.15) is 5.82 Å². The van der Waals surface area contributed by atoms with Gasteiger partial charge in [0.15, 0.2) is 0 Å². The van der Waals surface area contributed by atoms with Gasteiger partial charge in [0.25, 0.3) is 0 Å². The van der Waals surface area contributed by atoms with E-state index in [1.165, 1.54) is 6.07 Å². The minimum atomic E-state index is -0.362. The van der Waals surface area contributed by atoms with Crippen molar-refractivity contribution in [3.05, 3.63) is 24.0 Å². The number of rotatable bonds is 4. The summed E-state index contributed by atoms with van der Waals surface area (Å²) in [6, 6.07) is 4.79. The molecule has 0 aromatic heterocycles. The molecular weight excluding hydrogens is 179 g/mol. The Hall–Kier alpha value is -1.25. The summed E-state index contributed by atoms with van der Waals surface area (Å²) in [4.78, 5) is 0. The number of nitrogens with two attached hydrogens (primary N) is 1. The summed E-state index contributed by atoms with van der Waals surface area (Å²) >= 11 is 0. The Bertz CT molecular complexity index is 297. The zero-order valence-corrected chi connectivity index (χ0v) is 8.68. The highest BCUT2D eigenvalue weighted by molar-refractivity contribution is 5.52. The molecule has 0 heterocycles. The molecule has 1 rings (SSSR count). The van der Waals surface area contributed by atoms with Crippen LogP contribution in [0.5, 0.6) is 0 Å². The summed E-state index contributed by atoms with van der Waals surface area (Å²) in [5.74, 6) is 0.292. The second-order valence-electron chi connectivity index (χ2n) is 3.85. The highest BCUT2D eigenvalue weighted by atomic mass is 19.1. The number of benzene rings is 1. The molecule has 0 spiro atoms. The number of nitrogens with one attached hydrogen (secondary N) is 1. The number of halogens is 1. The lowest BCUT2D eigenvalue weighted by atomic mass is 10.1. The van der Waals surface area contributed by atoms with Gasteiger partial charge in [0.05, 0.1) is 5.69 Å². The zero-order chi connectivity index (χ0) is 10.6. The Morgan fingerprint density at radius 2 is 2.14 bits per heavy atom. The third-order valence-corrected chi connectivity index (χ3v) is 2.05. The van der Waals surface area contributed by atoms with Crippen molar-refractivity contribution in [3.63, 3.8) is 0 Å². The first-order chi connectivity index (χ1) is 6.59. The van der Waals surface area contributed by atoms with Crippen LogP contribution >= 0.6 is 0 Å². The van der Waals surface area contributed by atoms with Crippen LogP contribution in [-0.2, 0) is 0 Å². The van der Waals surface area contributed by atoms with Gasteiger partial charge in [0, 0.05) is 12.2 Å². The van der Waals surface area contributed by atoms with E-state index in [1.54, 1.807) is 12.1 Å². The second kappa shape index (κ2) is 4.84. The Morgan fingerprint density at radius 1 is 1.43 bits per heavy atom. The van der Waals surface area contributed by atoms with Gasteiger partial charge in [-0.15, -0.1) is 0 Å². The summed E-state index contributed by atoms with van der Waals surface area (Å²) < 4.78 is 13.0. The van der Waals surface area contributed by atoms with E-state index in [0.29, 0.717) is 5.92 Å². The molecule has 78 valence electrons. The molecule has 0 fully saturated rings. The van der Waals surface area contributed by atoms with Gasteiger partial charge in [-0.1, -0.05) is 13.8 Å². The van der Waals surface area contributed by atoms with Crippen LogP contribution in [0.2, 0.25) is 0 Å². The molecule has 0 aliphatic rings. The minimum Gasteiger partial charge on any atom is -0.396 e. The molecule has 3 N–H and O–H groups in total. The second-order valence-corrected chi connectivity index (χ2v) is 3.85. The van der Waals surface area contributed by atoms with Crippen LogP contribution in [0.15, 0.2) is 18.2 Å². The molecule has 0 saturated carbocycles. The third-order valence-electron chi connectivity index (χ3n) is 2.05. The van der Waals surface area contributed by atoms with E-state index in [9.17, 15) is 4.39 Å². The first-order valence-electron chi connectivity index (χ1n) is 4.88. The summed E-state index contributed by atoms with van der Waals surface area (Å²) in [7, 11) is 0. The lowest BCUT2D eigenvalue weighted by molar-refractivity contribution is 0.606. The van der Waals surface area contributed by atoms with Gasteiger partial charge in [-0.2, -0.15) is 0 Å². The van der Waals surface area contributed by atoms with E-state index in [2.05, 4.69) is 19.2 Å². The fourth-order valence-electron chi connectivity index (χ4n) is 1.14. The van der Waals surface area contributed by atoms with Gasteiger partial charge in [0.2, 0.25) is 0 Å². The fraction of sp³-hybridized carbons (Fsp3) is 0.455. The van der Waals surface area contributed by atoms with Crippen molar-refractivity contribution in [1.29, 1.82) is 0 Å². The molecule has 14 heavy (non-hydrogen) atoms. The van der Waals surface area contributed by atoms with Gasteiger partial charge in [-0.25, -0.2) is 4.39 Å². The maximum Gasteiger partial charge on any atom is 0.148 e. The maximum atomic E-state index is 13.0. The number of anilines is 2. The first kappa shape index (κ1) is 10.8. The van der Waals surface area contributed by atoms with Crippen LogP contribution in [0.3, 0.4) is 0 Å². The van der Waals surface area contributed by atoms with Crippen LogP contribution in [0.4, 0.5) is 15.8 Å². The van der Waals surface area contributed by atoms with Gasteiger partial charge < -0.3 is 11.1 Å². The average Bonchev–Trinajstić information content (AvgIpc) is 2.10. The van der Waals surface area contributed by atoms with Crippen molar-refractivity contribution in [2.24, 2.45) is 5.92 Å². The molecule has 3 heteroatoms. The zero-order valence-electron chi connectivity index (χ0n) is 8.68. The average molecular weight is 196 g/mol. The van der Waals surface area contributed by atoms with Crippen molar-refractivity contribution in [2.45, 2.75) is 20.3 Å². The minimum absolute atomic E-state index is 0.194. The van der Waals surface area contributed by atoms with Crippen molar-refractivity contribution < 1.29 is 4.39 Å². The maximum absolute atomic E-state index is 13.0. The first-order valence-corrected chi connectivity index (χ1v) is 4.88. The Kier molecular flexibility index (Phi) is 3.74. The molecule has 0 radical (unpaired) electrons. The van der Waals surface area contributed by atoms with E-state index >= 15 is 0 Å². The molecule has 0 bridgehead atoms. The molecule has 0 atom stereocenters. The largest absolute Gasteiger partial charge is 0.396 e. The van der Waals surface area contributed by atoms with Crippen molar-refractivity contribution in [1.82, 2.24) is 0 Å². The monoisotopic (exact) mass is 196 g/mol. The number of nitrogen functional groups attached to an aromatic ring is 1.